The number of carbonyl (C=O) groups excluding carboxylic acids is 1. The minimum atomic E-state index is -0.538. The number of hydrogen-bond acceptors (Lipinski definition) is 5. The summed E-state index contributed by atoms with van der Waals surface area (Å²) in [6.07, 6.45) is 0.517. The van der Waals surface area contributed by atoms with Crippen LogP contribution in [-0.2, 0) is 11.3 Å². The summed E-state index contributed by atoms with van der Waals surface area (Å²) in [5.41, 5.74) is 3.18. The number of amides is 1. The largest absolute Gasteiger partial charge is 0.489 e. The van der Waals surface area contributed by atoms with Crippen molar-refractivity contribution in [1.82, 2.24) is 5.32 Å². The number of halogens is 2. The van der Waals surface area contributed by atoms with Gasteiger partial charge in [0.25, 0.3) is 0 Å². The van der Waals surface area contributed by atoms with E-state index in [9.17, 15) is 9.18 Å². The quantitative estimate of drug-likeness (QED) is 0.453. The number of carbonyl (C=O) groups is 1. The van der Waals surface area contributed by atoms with E-state index in [1.807, 2.05) is 65.9 Å². The van der Waals surface area contributed by atoms with Crippen molar-refractivity contribution in [3.63, 3.8) is 0 Å². The molecule has 1 aliphatic heterocycles. The molecule has 1 aliphatic rings. The molecule has 2 N–H and O–H groups in total. The zero-order valence-corrected chi connectivity index (χ0v) is 17.5. The van der Waals surface area contributed by atoms with Crippen molar-refractivity contribution >= 4 is 40.6 Å². The molecule has 1 unspecified atom stereocenters. The van der Waals surface area contributed by atoms with Crippen molar-refractivity contribution < 1.29 is 18.7 Å². The van der Waals surface area contributed by atoms with Crippen LogP contribution in [-0.4, -0.2) is 19.4 Å². The van der Waals surface area contributed by atoms with Crippen LogP contribution in [0.2, 0.25) is 0 Å². The van der Waals surface area contributed by atoms with Gasteiger partial charge in [-0.3, -0.25) is 10.3 Å². The second kappa shape index (κ2) is 9.05. The number of methoxy groups -OCH3 is 1. The summed E-state index contributed by atoms with van der Waals surface area (Å²) in [5, 5.41) is 5.40. The molecule has 0 saturated heterocycles. The van der Waals surface area contributed by atoms with Crippen LogP contribution in [0.25, 0.3) is 0 Å². The Morgan fingerprint density at radius 3 is 2.82 bits per heavy atom. The minimum absolute atomic E-state index is 0.274. The van der Waals surface area contributed by atoms with Gasteiger partial charge in [-0.15, -0.1) is 0 Å². The predicted octanol–water partition coefficient (Wildman–Crippen LogP) is 5.00. The number of hydrogen-bond donors (Lipinski definition) is 2. The second-order valence-corrected chi connectivity index (χ2v) is 7.24. The van der Waals surface area contributed by atoms with Crippen molar-refractivity contribution in [2.24, 2.45) is 4.99 Å². The molecule has 0 aliphatic carbocycles. The third kappa shape index (κ3) is 4.80. The average Bonchev–Trinajstić information content (AvgIpc) is 2.70. The molecular weight excluding hydrogens is 476 g/mol. The van der Waals surface area contributed by atoms with Crippen molar-refractivity contribution in [2.75, 3.05) is 12.4 Å². The molecular formula is C20H19FIN3O3. The third-order valence-electron chi connectivity index (χ3n) is 4.15. The molecule has 6 nitrogen and oxygen atoms in total. The first kappa shape index (κ1) is 20.1. The van der Waals surface area contributed by atoms with Crippen LogP contribution in [0.15, 0.2) is 57.0 Å². The van der Waals surface area contributed by atoms with Crippen LogP contribution in [0.5, 0.6) is 5.75 Å². The predicted molar refractivity (Wildman–Crippen MR) is 115 cm³/mol. The molecule has 0 bridgehead atoms. The van der Waals surface area contributed by atoms with E-state index in [0.717, 1.165) is 16.7 Å². The average molecular weight is 495 g/mol. The highest BCUT2D eigenvalue weighted by Crippen LogP contribution is 2.28. The molecule has 146 valence electrons. The number of aryl methyl sites for hydroxylation is 1. The number of para-hydroxylation sites is 1. The van der Waals surface area contributed by atoms with E-state index < -0.39 is 12.3 Å². The summed E-state index contributed by atoms with van der Waals surface area (Å²) in [6, 6.07) is 12.9. The van der Waals surface area contributed by atoms with Gasteiger partial charge in [-0.05, 0) is 58.8 Å². The number of rotatable bonds is 5. The number of aliphatic imine (C=N–C) groups is 1. The van der Waals surface area contributed by atoms with Crippen molar-refractivity contribution in [2.45, 2.75) is 19.7 Å². The van der Waals surface area contributed by atoms with Crippen LogP contribution in [0, 0.1) is 6.92 Å². The molecule has 0 saturated carbocycles. The number of anilines is 1. The van der Waals surface area contributed by atoms with Crippen LogP contribution < -0.4 is 15.4 Å². The van der Waals surface area contributed by atoms with E-state index in [1.165, 1.54) is 13.3 Å². The maximum absolute atomic E-state index is 13.8. The molecule has 1 atom stereocenters. The minimum Gasteiger partial charge on any atom is -0.489 e. The van der Waals surface area contributed by atoms with Gasteiger partial charge in [-0.25, -0.2) is 4.79 Å². The van der Waals surface area contributed by atoms with Crippen LogP contribution in [0.1, 0.15) is 22.9 Å². The molecule has 0 aromatic heterocycles. The molecule has 8 heteroatoms. The molecule has 1 amide bonds. The zero-order valence-electron chi connectivity index (χ0n) is 15.3. The molecule has 0 radical (unpaired) electrons. The molecule has 3 rings (SSSR count). The van der Waals surface area contributed by atoms with Gasteiger partial charge in [-0.2, -0.15) is 4.39 Å². The van der Waals surface area contributed by atoms with E-state index in [2.05, 4.69) is 20.4 Å². The first-order valence-corrected chi connectivity index (χ1v) is 9.57. The smallest absolute Gasteiger partial charge is 0.411 e. The zero-order chi connectivity index (χ0) is 20.1. The summed E-state index contributed by atoms with van der Waals surface area (Å²) >= 11 is 1.89. The van der Waals surface area contributed by atoms with Gasteiger partial charge in [0.2, 0.25) is 5.95 Å². The van der Waals surface area contributed by atoms with Gasteiger partial charge < -0.3 is 14.8 Å². The van der Waals surface area contributed by atoms with Gasteiger partial charge in [-0.1, -0.05) is 24.3 Å². The summed E-state index contributed by atoms with van der Waals surface area (Å²) in [7, 11) is 1.31. The summed E-state index contributed by atoms with van der Waals surface area (Å²) < 4.78 is 24.8. The standard InChI is InChI=1S/C20H19FIN3O3/c1-12-9-13(19-23-10-15(22)18(21)25-19)7-8-17(12)28-11-14-5-3-4-6-16(14)24-20(26)27-2/h3-10,19,25H,11H2,1-2H3,(H,24,26). The third-order valence-corrected chi connectivity index (χ3v) is 4.90. The Balaban J connectivity index is 1.70. The fourth-order valence-corrected chi connectivity index (χ4v) is 3.00. The van der Waals surface area contributed by atoms with Gasteiger partial charge >= 0.3 is 6.09 Å². The number of allylic oxidation sites excluding steroid dienone is 1. The van der Waals surface area contributed by atoms with Gasteiger partial charge in [0.05, 0.1) is 16.4 Å². The Bertz CT molecular complexity index is 946. The highest BCUT2D eigenvalue weighted by molar-refractivity contribution is 14.1. The first-order chi connectivity index (χ1) is 13.5. The SMILES string of the molecule is COC(=O)Nc1ccccc1COc1ccc(C2N=CC(I)=C(F)N2)cc1C. The van der Waals surface area contributed by atoms with Crippen molar-refractivity contribution in [3.05, 3.63) is 68.7 Å². The Hall–Kier alpha value is -2.62. The van der Waals surface area contributed by atoms with Crippen LogP contribution in [0.3, 0.4) is 0 Å². The van der Waals surface area contributed by atoms with Gasteiger partial charge in [0, 0.05) is 11.8 Å². The van der Waals surface area contributed by atoms with E-state index in [0.29, 0.717) is 15.0 Å². The second-order valence-electron chi connectivity index (χ2n) is 6.07. The number of ether oxygens (including phenoxy) is 2. The van der Waals surface area contributed by atoms with Crippen molar-refractivity contribution in [1.29, 1.82) is 0 Å². The van der Waals surface area contributed by atoms with Gasteiger partial charge in [0.1, 0.15) is 18.5 Å². The van der Waals surface area contributed by atoms with Crippen molar-refractivity contribution in [3.8, 4) is 5.75 Å². The molecule has 1 heterocycles. The summed E-state index contributed by atoms with van der Waals surface area (Å²) in [4.78, 5) is 15.8. The first-order valence-electron chi connectivity index (χ1n) is 8.49. The molecule has 0 fully saturated rings. The number of benzene rings is 2. The van der Waals surface area contributed by atoms with E-state index >= 15 is 0 Å². The lowest BCUT2D eigenvalue weighted by molar-refractivity contribution is 0.187. The van der Waals surface area contributed by atoms with E-state index in [4.69, 9.17) is 4.74 Å². The lowest BCUT2D eigenvalue weighted by Crippen LogP contribution is -2.21. The van der Waals surface area contributed by atoms with Crippen LogP contribution in [0.4, 0.5) is 14.9 Å². The van der Waals surface area contributed by atoms with Crippen LogP contribution >= 0.6 is 22.6 Å². The van der Waals surface area contributed by atoms with Gasteiger partial charge in [0.15, 0.2) is 0 Å². The lowest BCUT2D eigenvalue weighted by Gasteiger charge is -2.20. The number of nitrogens with one attached hydrogen (secondary N) is 2. The van der Waals surface area contributed by atoms with E-state index in [-0.39, 0.29) is 12.6 Å². The molecule has 2 aromatic rings. The Morgan fingerprint density at radius 1 is 1.32 bits per heavy atom. The highest BCUT2D eigenvalue weighted by atomic mass is 127. The van der Waals surface area contributed by atoms with E-state index in [1.54, 1.807) is 6.07 Å². The Morgan fingerprint density at radius 2 is 2.11 bits per heavy atom. The molecule has 0 spiro atoms. The maximum Gasteiger partial charge on any atom is 0.411 e. The normalized spacial score (nSPS) is 15.8. The molecule has 2 aromatic carbocycles. The summed E-state index contributed by atoms with van der Waals surface area (Å²) in [5.74, 6) is 0.315. The Kier molecular flexibility index (Phi) is 6.50. The fraction of sp³-hybridized carbons (Fsp3) is 0.200. The maximum atomic E-state index is 13.8. The molecule has 28 heavy (non-hydrogen) atoms. The monoisotopic (exact) mass is 495 g/mol. The lowest BCUT2D eigenvalue weighted by atomic mass is 10.1. The Labute approximate surface area is 176 Å². The number of nitrogens with zero attached hydrogens (tertiary/aromatic N) is 1. The highest BCUT2D eigenvalue weighted by Gasteiger charge is 2.17. The fourth-order valence-electron chi connectivity index (χ4n) is 2.68. The summed E-state index contributed by atoms with van der Waals surface area (Å²) in [6.45, 7) is 2.19. The topological polar surface area (TPSA) is 72.0 Å².